The number of hydrogen-bond donors (Lipinski definition) is 1. The van der Waals surface area contributed by atoms with Crippen molar-refractivity contribution in [3.05, 3.63) is 65.1 Å². The van der Waals surface area contributed by atoms with E-state index in [1.165, 1.54) is 35.0 Å². The van der Waals surface area contributed by atoms with E-state index in [1.807, 2.05) is 24.3 Å². The van der Waals surface area contributed by atoms with Crippen molar-refractivity contribution < 1.29 is 22.7 Å². The number of aromatic amines is 1. The minimum Gasteiger partial charge on any atom is -0.532 e. The Morgan fingerprint density at radius 3 is 2.44 bits per heavy atom. The Morgan fingerprint density at radius 1 is 1.05 bits per heavy atom. The second kappa shape index (κ2) is 10.6. The number of nitrogens with zero attached hydrogens (tertiary/aromatic N) is 4. The van der Waals surface area contributed by atoms with E-state index >= 15 is 0 Å². The van der Waals surface area contributed by atoms with Gasteiger partial charge < -0.3 is 18.9 Å². The molecule has 0 aliphatic carbocycles. The lowest BCUT2D eigenvalue weighted by atomic mass is 10.1. The molecular weight excluding hydrogens is 548 g/mol. The zero-order valence-electron chi connectivity index (χ0n) is 23.7. The fourth-order valence-corrected chi connectivity index (χ4v) is 5.07. The maximum atomic E-state index is 14.0. The van der Waals surface area contributed by atoms with Crippen LogP contribution in [0.5, 0.6) is 17.6 Å². The SMILES string of the molecule is CCOc1ncc2nc(-c3ccc4[nH]c(O[Si](C)(C)C(C)(C)C)cc4c3)c(=O)n(-c3ccc(OC(F)F)cc3)c2n1. The number of benzene rings is 2. The van der Waals surface area contributed by atoms with E-state index in [0.717, 1.165) is 10.9 Å². The summed E-state index contributed by atoms with van der Waals surface area (Å²) < 4.78 is 43.1. The Hall–Kier alpha value is -4.32. The second-order valence-electron chi connectivity index (χ2n) is 11.1. The van der Waals surface area contributed by atoms with Crippen LogP contribution in [0, 0.1) is 0 Å². The molecule has 2 aromatic carbocycles. The van der Waals surface area contributed by atoms with Crippen LogP contribution in [0.2, 0.25) is 18.1 Å². The first-order valence-corrected chi connectivity index (χ1v) is 16.1. The number of hydrogen-bond acceptors (Lipinski definition) is 7. The van der Waals surface area contributed by atoms with Gasteiger partial charge in [0, 0.05) is 22.5 Å². The Morgan fingerprint density at radius 2 is 1.78 bits per heavy atom. The van der Waals surface area contributed by atoms with Gasteiger partial charge in [-0.1, -0.05) is 26.8 Å². The molecule has 0 radical (unpaired) electrons. The molecular formula is C29H31F2N5O4Si. The topological polar surface area (TPSA) is 104 Å². The molecule has 3 heterocycles. The van der Waals surface area contributed by atoms with E-state index in [0.29, 0.717) is 29.3 Å². The van der Waals surface area contributed by atoms with Crippen LogP contribution in [-0.2, 0) is 0 Å². The maximum Gasteiger partial charge on any atom is 0.387 e. The Labute approximate surface area is 236 Å². The minimum atomic E-state index is -2.96. The summed E-state index contributed by atoms with van der Waals surface area (Å²) in [4.78, 5) is 30.6. The first-order chi connectivity index (χ1) is 19.4. The third-order valence-corrected chi connectivity index (χ3v) is 11.6. The summed E-state index contributed by atoms with van der Waals surface area (Å²) in [6, 6.07) is 13.3. The summed E-state index contributed by atoms with van der Waals surface area (Å²) in [7, 11) is -2.07. The van der Waals surface area contributed by atoms with Gasteiger partial charge in [0.25, 0.3) is 13.9 Å². The number of fused-ring (bicyclic) bond motifs is 2. The molecule has 3 aromatic heterocycles. The summed E-state index contributed by atoms with van der Waals surface area (Å²) in [6.45, 7) is 10.1. The average molecular weight is 580 g/mol. The van der Waals surface area contributed by atoms with Crippen molar-refractivity contribution in [2.75, 3.05) is 6.61 Å². The lowest BCUT2D eigenvalue weighted by molar-refractivity contribution is -0.0498. The maximum absolute atomic E-state index is 14.0. The number of rotatable bonds is 8. The molecule has 0 aliphatic rings. The van der Waals surface area contributed by atoms with E-state index in [2.05, 4.69) is 58.5 Å². The van der Waals surface area contributed by atoms with Crippen LogP contribution in [0.4, 0.5) is 8.78 Å². The lowest BCUT2D eigenvalue weighted by Crippen LogP contribution is -2.43. The van der Waals surface area contributed by atoms with Gasteiger partial charge in [0.1, 0.15) is 17.0 Å². The van der Waals surface area contributed by atoms with Gasteiger partial charge in [0.05, 0.1) is 18.5 Å². The van der Waals surface area contributed by atoms with Crippen molar-refractivity contribution in [1.82, 2.24) is 24.5 Å². The van der Waals surface area contributed by atoms with Crippen molar-refractivity contribution in [2.24, 2.45) is 0 Å². The first-order valence-electron chi connectivity index (χ1n) is 13.2. The van der Waals surface area contributed by atoms with Crippen molar-refractivity contribution in [3.63, 3.8) is 0 Å². The highest BCUT2D eigenvalue weighted by Crippen LogP contribution is 2.38. The molecule has 12 heteroatoms. The van der Waals surface area contributed by atoms with E-state index < -0.39 is 20.5 Å². The van der Waals surface area contributed by atoms with Crippen LogP contribution >= 0.6 is 0 Å². The van der Waals surface area contributed by atoms with Crippen LogP contribution in [0.1, 0.15) is 27.7 Å². The molecule has 0 saturated heterocycles. The molecule has 0 spiro atoms. The molecule has 0 fully saturated rings. The predicted octanol–water partition coefficient (Wildman–Crippen LogP) is 6.71. The highest BCUT2D eigenvalue weighted by Gasteiger charge is 2.39. The lowest BCUT2D eigenvalue weighted by Gasteiger charge is -2.35. The van der Waals surface area contributed by atoms with E-state index in [9.17, 15) is 13.6 Å². The fraction of sp³-hybridized carbons (Fsp3) is 0.310. The van der Waals surface area contributed by atoms with Crippen molar-refractivity contribution in [3.8, 4) is 34.6 Å². The van der Waals surface area contributed by atoms with Gasteiger partial charge in [-0.3, -0.25) is 9.36 Å². The van der Waals surface area contributed by atoms with Crippen LogP contribution in [0.15, 0.2) is 59.5 Å². The summed E-state index contributed by atoms with van der Waals surface area (Å²) >= 11 is 0. The number of alkyl halides is 2. The normalized spacial score (nSPS) is 12.3. The molecule has 0 aliphatic heterocycles. The van der Waals surface area contributed by atoms with Crippen LogP contribution < -0.4 is 19.5 Å². The number of ether oxygens (including phenoxy) is 2. The van der Waals surface area contributed by atoms with Gasteiger partial charge in [0.15, 0.2) is 11.5 Å². The molecule has 0 saturated carbocycles. The molecule has 5 aromatic rings. The van der Waals surface area contributed by atoms with E-state index in [4.69, 9.17) is 9.16 Å². The number of aromatic nitrogens is 5. The smallest absolute Gasteiger partial charge is 0.387 e. The quantitative estimate of drug-likeness (QED) is 0.204. The van der Waals surface area contributed by atoms with E-state index in [1.54, 1.807) is 6.92 Å². The summed E-state index contributed by atoms with van der Waals surface area (Å²) in [5.41, 5.74) is 2.13. The predicted molar refractivity (Wildman–Crippen MR) is 156 cm³/mol. The van der Waals surface area contributed by atoms with Gasteiger partial charge in [0.2, 0.25) is 0 Å². The molecule has 9 nitrogen and oxygen atoms in total. The van der Waals surface area contributed by atoms with Crippen LogP contribution in [0.25, 0.3) is 39.0 Å². The van der Waals surface area contributed by atoms with Crippen molar-refractivity contribution >= 4 is 30.4 Å². The van der Waals surface area contributed by atoms with Crippen molar-refractivity contribution in [1.29, 1.82) is 0 Å². The molecule has 0 bridgehead atoms. The Balaban J connectivity index is 1.64. The van der Waals surface area contributed by atoms with Gasteiger partial charge in [-0.25, -0.2) is 9.97 Å². The molecule has 0 unspecified atom stereocenters. The van der Waals surface area contributed by atoms with E-state index in [-0.39, 0.29) is 28.1 Å². The van der Waals surface area contributed by atoms with Gasteiger partial charge in [-0.2, -0.15) is 13.8 Å². The van der Waals surface area contributed by atoms with Gasteiger partial charge in [-0.15, -0.1) is 0 Å². The van der Waals surface area contributed by atoms with Crippen LogP contribution in [0.3, 0.4) is 0 Å². The minimum absolute atomic E-state index is 0.0312. The summed E-state index contributed by atoms with van der Waals surface area (Å²) in [6.07, 6.45) is 1.49. The molecule has 1 N–H and O–H groups in total. The Bertz CT molecular complexity index is 1780. The number of halogens is 2. The zero-order chi connectivity index (χ0) is 29.5. The monoisotopic (exact) mass is 579 g/mol. The average Bonchev–Trinajstić information content (AvgIpc) is 3.29. The van der Waals surface area contributed by atoms with Crippen LogP contribution in [-0.4, -0.2) is 46.0 Å². The van der Waals surface area contributed by atoms with Crippen molar-refractivity contribution in [2.45, 2.75) is 52.4 Å². The third kappa shape index (κ3) is 5.64. The summed E-state index contributed by atoms with van der Waals surface area (Å²) in [5, 5.41) is 0.893. The molecule has 214 valence electrons. The standard InChI is InChI=1S/C29H31F2N5O4Si/c1-7-38-28-32-16-22-25(35-28)36(19-9-11-20(12-10-19)39-27(30)31)26(37)24(34-22)17-8-13-21-18(14-17)15-23(33-21)40-41(5,6)29(2,3)4/h8-16,27,33H,7H2,1-6H3. The molecule has 0 atom stereocenters. The largest absolute Gasteiger partial charge is 0.532 e. The first kappa shape index (κ1) is 28.2. The second-order valence-corrected chi connectivity index (χ2v) is 15.8. The third-order valence-electron chi connectivity index (χ3n) is 7.21. The highest BCUT2D eigenvalue weighted by molar-refractivity contribution is 6.74. The van der Waals surface area contributed by atoms with Gasteiger partial charge in [-0.05, 0) is 61.5 Å². The number of H-pyrrole nitrogens is 1. The highest BCUT2D eigenvalue weighted by atomic mass is 28.4. The summed E-state index contributed by atoms with van der Waals surface area (Å²) in [5.74, 6) is 0.643. The fourth-order valence-electron chi connectivity index (χ4n) is 4.10. The molecule has 41 heavy (non-hydrogen) atoms. The zero-order valence-corrected chi connectivity index (χ0v) is 24.7. The number of nitrogens with one attached hydrogen (secondary N) is 1. The Kier molecular flexibility index (Phi) is 7.28. The van der Waals surface area contributed by atoms with Gasteiger partial charge >= 0.3 is 12.6 Å². The molecule has 0 amide bonds. The molecule has 5 rings (SSSR count).